The van der Waals surface area contributed by atoms with Crippen LogP contribution in [0.2, 0.25) is 0 Å². The first-order valence-electron chi connectivity index (χ1n) is 11.0. The zero-order valence-corrected chi connectivity index (χ0v) is 18.8. The largest absolute Gasteiger partial charge is 0.464 e. The zero-order valence-electron chi connectivity index (χ0n) is 18.8. The molecule has 0 aliphatic rings. The van der Waals surface area contributed by atoms with Gasteiger partial charge < -0.3 is 15.0 Å². The molecule has 1 unspecified atom stereocenters. The first kappa shape index (κ1) is 23.2. The molecule has 9 heteroatoms. The van der Waals surface area contributed by atoms with E-state index < -0.39 is 12.0 Å². The van der Waals surface area contributed by atoms with Gasteiger partial charge >= 0.3 is 5.97 Å². The molecule has 32 heavy (non-hydrogen) atoms. The second-order valence-corrected chi connectivity index (χ2v) is 7.31. The van der Waals surface area contributed by atoms with E-state index in [4.69, 9.17) is 4.74 Å². The lowest BCUT2D eigenvalue weighted by Crippen LogP contribution is -2.43. The van der Waals surface area contributed by atoms with Crippen LogP contribution >= 0.6 is 0 Å². The predicted octanol–water partition coefficient (Wildman–Crippen LogP) is 2.19. The van der Waals surface area contributed by atoms with E-state index in [2.05, 4.69) is 39.4 Å². The summed E-state index contributed by atoms with van der Waals surface area (Å²) in [5.74, 6) is 0.733. The van der Waals surface area contributed by atoms with E-state index in [-0.39, 0.29) is 18.9 Å². The van der Waals surface area contributed by atoms with Crippen LogP contribution in [0.5, 0.6) is 0 Å². The van der Waals surface area contributed by atoms with Crippen molar-refractivity contribution in [2.75, 3.05) is 24.6 Å². The van der Waals surface area contributed by atoms with Crippen LogP contribution in [0.15, 0.2) is 42.5 Å². The Labute approximate surface area is 187 Å². The van der Waals surface area contributed by atoms with Crippen LogP contribution in [-0.2, 0) is 27.2 Å². The second kappa shape index (κ2) is 11.2. The number of aromatic nitrogens is 4. The SMILES string of the molecule is CCOC(=O)C(Cc1ccccc1)NC(=O)CCc1nnc2ccc(N(CC)CC)nn12. The number of aryl methyl sites for hydroxylation is 1. The van der Waals surface area contributed by atoms with Crippen LogP contribution < -0.4 is 10.2 Å². The van der Waals surface area contributed by atoms with Crippen LogP contribution in [-0.4, -0.2) is 57.4 Å². The minimum atomic E-state index is -0.743. The number of amides is 1. The molecule has 2 heterocycles. The van der Waals surface area contributed by atoms with Gasteiger partial charge in [0, 0.05) is 32.4 Å². The summed E-state index contributed by atoms with van der Waals surface area (Å²) in [6.07, 6.45) is 0.874. The number of anilines is 1. The summed E-state index contributed by atoms with van der Waals surface area (Å²) < 4.78 is 6.82. The van der Waals surface area contributed by atoms with E-state index in [9.17, 15) is 9.59 Å². The number of hydrogen-bond acceptors (Lipinski definition) is 7. The minimum Gasteiger partial charge on any atom is -0.464 e. The normalized spacial score (nSPS) is 11.8. The Morgan fingerprint density at radius 2 is 1.81 bits per heavy atom. The van der Waals surface area contributed by atoms with Gasteiger partial charge in [-0.2, -0.15) is 4.52 Å². The number of carbonyl (C=O) groups excluding carboxylic acids is 2. The topological polar surface area (TPSA) is 102 Å². The van der Waals surface area contributed by atoms with Gasteiger partial charge in [-0.25, -0.2) is 4.79 Å². The number of nitrogens with zero attached hydrogens (tertiary/aromatic N) is 5. The summed E-state index contributed by atoms with van der Waals surface area (Å²) in [6.45, 7) is 7.82. The minimum absolute atomic E-state index is 0.155. The van der Waals surface area contributed by atoms with Gasteiger partial charge in [-0.15, -0.1) is 15.3 Å². The van der Waals surface area contributed by atoms with Crippen LogP contribution in [0.3, 0.4) is 0 Å². The van der Waals surface area contributed by atoms with E-state index >= 15 is 0 Å². The smallest absolute Gasteiger partial charge is 0.328 e. The van der Waals surface area contributed by atoms with Crippen molar-refractivity contribution < 1.29 is 14.3 Å². The molecule has 3 aromatic rings. The number of esters is 1. The highest BCUT2D eigenvalue weighted by Crippen LogP contribution is 2.13. The highest BCUT2D eigenvalue weighted by Gasteiger charge is 2.23. The van der Waals surface area contributed by atoms with Gasteiger partial charge in [-0.05, 0) is 38.5 Å². The van der Waals surface area contributed by atoms with E-state index in [1.54, 1.807) is 11.4 Å². The lowest BCUT2D eigenvalue weighted by molar-refractivity contribution is -0.147. The first-order valence-corrected chi connectivity index (χ1v) is 11.0. The van der Waals surface area contributed by atoms with Gasteiger partial charge in [0.1, 0.15) is 11.9 Å². The first-order chi connectivity index (χ1) is 15.5. The van der Waals surface area contributed by atoms with Crippen molar-refractivity contribution in [1.29, 1.82) is 0 Å². The average Bonchev–Trinajstić information content (AvgIpc) is 3.21. The molecule has 0 spiro atoms. The second-order valence-electron chi connectivity index (χ2n) is 7.31. The lowest BCUT2D eigenvalue weighted by atomic mass is 10.1. The van der Waals surface area contributed by atoms with Gasteiger partial charge in [-0.1, -0.05) is 30.3 Å². The fourth-order valence-corrected chi connectivity index (χ4v) is 3.47. The fraction of sp³-hybridized carbons (Fsp3) is 0.435. The highest BCUT2D eigenvalue weighted by molar-refractivity contribution is 5.84. The molecule has 3 rings (SSSR count). The molecule has 0 radical (unpaired) electrons. The Kier molecular flexibility index (Phi) is 8.13. The van der Waals surface area contributed by atoms with Crippen LogP contribution in [0.25, 0.3) is 5.65 Å². The molecular weight excluding hydrogens is 408 g/mol. The third-order valence-electron chi connectivity index (χ3n) is 5.17. The Bertz CT molecular complexity index is 1030. The molecule has 0 fully saturated rings. The third-order valence-corrected chi connectivity index (χ3v) is 5.17. The van der Waals surface area contributed by atoms with E-state index in [1.807, 2.05) is 42.5 Å². The van der Waals surface area contributed by atoms with Gasteiger partial charge in [0.15, 0.2) is 11.5 Å². The number of rotatable bonds is 11. The standard InChI is InChI=1S/C23H30N6O3/c1-4-28(5-2)21-13-12-19-25-26-20(29(19)27-21)14-15-22(30)24-18(23(31)32-6-3)16-17-10-8-7-9-11-17/h7-13,18H,4-6,14-16H2,1-3H3,(H,24,30). The molecule has 0 bridgehead atoms. The number of carbonyl (C=O) groups is 2. The molecule has 2 aromatic heterocycles. The van der Waals surface area contributed by atoms with Crippen LogP contribution in [0.4, 0.5) is 5.82 Å². The summed E-state index contributed by atoms with van der Waals surface area (Å²) in [5, 5.41) is 15.8. The molecule has 0 aliphatic carbocycles. The molecule has 0 aliphatic heterocycles. The summed E-state index contributed by atoms with van der Waals surface area (Å²) in [6, 6.07) is 12.6. The van der Waals surface area contributed by atoms with Crippen molar-refractivity contribution in [1.82, 2.24) is 25.1 Å². The monoisotopic (exact) mass is 438 g/mol. The van der Waals surface area contributed by atoms with Crippen molar-refractivity contribution in [2.24, 2.45) is 0 Å². The molecule has 9 nitrogen and oxygen atoms in total. The van der Waals surface area contributed by atoms with Gasteiger partial charge in [-0.3, -0.25) is 4.79 Å². The molecule has 1 amide bonds. The summed E-state index contributed by atoms with van der Waals surface area (Å²) >= 11 is 0. The predicted molar refractivity (Wildman–Crippen MR) is 121 cm³/mol. The Morgan fingerprint density at radius 1 is 1.06 bits per heavy atom. The number of fused-ring (bicyclic) bond motifs is 1. The summed E-state index contributed by atoms with van der Waals surface area (Å²) in [7, 11) is 0. The third kappa shape index (κ3) is 5.81. The summed E-state index contributed by atoms with van der Waals surface area (Å²) in [4.78, 5) is 27.1. The average molecular weight is 439 g/mol. The van der Waals surface area contributed by atoms with E-state index in [1.165, 1.54) is 0 Å². The maximum Gasteiger partial charge on any atom is 0.328 e. The fourth-order valence-electron chi connectivity index (χ4n) is 3.47. The molecule has 0 saturated carbocycles. The quantitative estimate of drug-likeness (QED) is 0.458. The van der Waals surface area contributed by atoms with Crippen molar-refractivity contribution in [3.05, 3.63) is 53.9 Å². The maximum atomic E-state index is 12.6. The molecule has 170 valence electrons. The molecular formula is C23H30N6O3. The van der Waals surface area contributed by atoms with Crippen LogP contribution in [0.1, 0.15) is 38.6 Å². The molecule has 1 atom stereocenters. The number of ether oxygens (including phenoxy) is 1. The van der Waals surface area contributed by atoms with Crippen molar-refractivity contribution in [3.8, 4) is 0 Å². The number of hydrogen-bond donors (Lipinski definition) is 1. The molecule has 1 N–H and O–H groups in total. The Morgan fingerprint density at radius 3 is 2.50 bits per heavy atom. The number of nitrogens with one attached hydrogen (secondary N) is 1. The Hall–Kier alpha value is -3.49. The molecule has 0 saturated heterocycles. The van der Waals surface area contributed by atoms with E-state index in [0.717, 1.165) is 24.5 Å². The van der Waals surface area contributed by atoms with Crippen molar-refractivity contribution >= 4 is 23.3 Å². The lowest BCUT2D eigenvalue weighted by Gasteiger charge is -2.19. The Balaban J connectivity index is 1.67. The summed E-state index contributed by atoms with van der Waals surface area (Å²) in [5.41, 5.74) is 1.58. The van der Waals surface area contributed by atoms with Gasteiger partial charge in [0.05, 0.1) is 6.61 Å². The van der Waals surface area contributed by atoms with E-state index in [0.29, 0.717) is 24.3 Å². The molecule has 1 aromatic carbocycles. The highest BCUT2D eigenvalue weighted by atomic mass is 16.5. The van der Waals surface area contributed by atoms with Gasteiger partial charge in [0.2, 0.25) is 5.91 Å². The zero-order chi connectivity index (χ0) is 22.9. The van der Waals surface area contributed by atoms with Gasteiger partial charge in [0.25, 0.3) is 0 Å². The number of benzene rings is 1. The maximum absolute atomic E-state index is 12.6. The van der Waals surface area contributed by atoms with Crippen molar-refractivity contribution in [2.45, 2.75) is 46.1 Å². The van der Waals surface area contributed by atoms with Crippen molar-refractivity contribution in [3.63, 3.8) is 0 Å². The van der Waals surface area contributed by atoms with Crippen LogP contribution in [0, 0.1) is 0 Å².